The molecule has 7 heteroatoms. The van der Waals surface area contributed by atoms with E-state index in [1.54, 1.807) is 0 Å². The molecule has 1 heterocycles. The summed E-state index contributed by atoms with van der Waals surface area (Å²) in [6.07, 6.45) is 0.574. The highest BCUT2D eigenvalue weighted by Gasteiger charge is 2.51. The zero-order chi connectivity index (χ0) is 18.3. The molecule has 1 aromatic rings. The molecule has 0 atom stereocenters. The van der Waals surface area contributed by atoms with Crippen LogP contribution in [0.1, 0.15) is 52.2 Å². The van der Waals surface area contributed by atoms with E-state index < -0.39 is 28.3 Å². The van der Waals surface area contributed by atoms with Crippen molar-refractivity contribution in [3.05, 3.63) is 23.3 Å². The summed E-state index contributed by atoms with van der Waals surface area (Å²) in [6.45, 7) is 13.7. The van der Waals surface area contributed by atoms with Gasteiger partial charge >= 0.3 is 7.12 Å². The molecule has 0 aromatic heterocycles. The maximum absolute atomic E-state index is 12.1. The van der Waals surface area contributed by atoms with Crippen molar-refractivity contribution in [2.75, 3.05) is 10.5 Å². The summed E-state index contributed by atoms with van der Waals surface area (Å²) < 4.78 is 39.1. The van der Waals surface area contributed by atoms with Crippen molar-refractivity contribution in [3.63, 3.8) is 0 Å². The summed E-state index contributed by atoms with van der Waals surface area (Å²) in [6, 6.07) is 3.81. The van der Waals surface area contributed by atoms with Crippen molar-refractivity contribution in [1.82, 2.24) is 0 Å². The number of benzene rings is 1. The Hall–Kier alpha value is -1.05. The monoisotopic (exact) mass is 353 g/mol. The van der Waals surface area contributed by atoms with Gasteiger partial charge in [-0.15, -0.1) is 0 Å². The maximum Gasteiger partial charge on any atom is 0.494 e. The summed E-state index contributed by atoms with van der Waals surface area (Å²) in [5.41, 5.74) is 2.46. The number of hydrogen-bond acceptors (Lipinski definition) is 4. The Bertz CT molecular complexity index is 712. The van der Waals surface area contributed by atoms with E-state index in [4.69, 9.17) is 9.31 Å². The van der Waals surface area contributed by atoms with Crippen LogP contribution in [0.25, 0.3) is 0 Å². The van der Waals surface area contributed by atoms with Crippen LogP contribution in [-0.2, 0) is 19.3 Å². The first-order chi connectivity index (χ1) is 10.9. The highest BCUT2D eigenvalue weighted by molar-refractivity contribution is 7.92. The Kier molecular flexibility index (Phi) is 5.10. The summed E-state index contributed by atoms with van der Waals surface area (Å²) in [5.74, 6) is 0.103. The van der Waals surface area contributed by atoms with Crippen LogP contribution in [0.3, 0.4) is 0 Å². The Labute approximate surface area is 146 Å². The topological polar surface area (TPSA) is 64.6 Å². The van der Waals surface area contributed by atoms with E-state index in [1.807, 2.05) is 60.6 Å². The molecule has 134 valence electrons. The van der Waals surface area contributed by atoms with Gasteiger partial charge in [0.05, 0.1) is 22.6 Å². The Morgan fingerprint density at radius 1 is 1.08 bits per heavy atom. The van der Waals surface area contributed by atoms with Crippen molar-refractivity contribution in [3.8, 4) is 0 Å². The lowest BCUT2D eigenvalue weighted by Gasteiger charge is -2.32. The number of sulfonamides is 1. The molecule has 0 unspecified atom stereocenters. The van der Waals surface area contributed by atoms with Gasteiger partial charge in [0.15, 0.2) is 0 Å². The highest BCUT2D eigenvalue weighted by Crippen LogP contribution is 2.36. The molecule has 2 rings (SSSR count). The van der Waals surface area contributed by atoms with Crippen LogP contribution in [0.2, 0.25) is 0 Å². The molecular formula is C17H28BNO4S. The summed E-state index contributed by atoms with van der Waals surface area (Å²) in [7, 11) is -3.85. The van der Waals surface area contributed by atoms with Crippen molar-refractivity contribution in [2.45, 2.75) is 66.1 Å². The number of aryl methyl sites for hydroxylation is 1. The van der Waals surface area contributed by atoms with Gasteiger partial charge in [-0.3, -0.25) is 4.72 Å². The van der Waals surface area contributed by atoms with E-state index in [0.717, 1.165) is 16.6 Å². The van der Waals surface area contributed by atoms with Gasteiger partial charge in [-0.25, -0.2) is 8.42 Å². The van der Waals surface area contributed by atoms with Crippen LogP contribution in [0, 0.1) is 13.8 Å². The van der Waals surface area contributed by atoms with Gasteiger partial charge in [0.25, 0.3) is 0 Å². The van der Waals surface area contributed by atoms with Crippen molar-refractivity contribution in [2.24, 2.45) is 0 Å². The molecule has 0 aliphatic carbocycles. The predicted molar refractivity (Wildman–Crippen MR) is 99.3 cm³/mol. The molecule has 24 heavy (non-hydrogen) atoms. The Morgan fingerprint density at radius 3 is 2.12 bits per heavy atom. The fourth-order valence-electron chi connectivity index (χ4n) is 2.60. The maximum atomic E-state index is 12.1. The first-order valence-corrected chi connectivity index (χ1v) is 10.0. The fourth-order valence-corrected chi connectivity index (χ4v) is 3.78. The summed E-state index contributed by atoms with van der Waals surface area (Å²) in [4.78, 5) is 0. The molecular weight excluding hydrogens is 325 g/mol. The average Bonchev–Trinajstić information content (AvgIpc) is 2.63. The first-order valence-electron chi connectivity index (χ1n) is 8.36. The lowest BCUT2D eigenvalue weighted by molar-refractivity contribution is 0.00578. The highest BCUT2D eigenvalue weighted by atomic mass is 32.2. The quantitative estimate of drug-likeness (QED) is 0.827. The fraction of sp³-hybridized carbons (Fsp3) is 0.647. The lowest BCUT2D eigenvalue weighted by atomic mass is 9.77. The molecule has 1 aliphatic rings. The number of rotatable bonds is 5. The smallest absolute Gasteiger partial charge is 0.399 e. The molecule has 0 saturated carbocycles. The molecule has 1 fully saturated rings. The van der Waals surface area contributed by atoms with Crippen LogP contribution in [0.5, 0.6) is 0 Å². The molecule has 1 aromatic carbocycles. The Morgan fingerprint density at radius 2 is 1.62 bits per heavy atom. The van der Waals surface area contributed by atoms with Crippen molar-refractivity contribution in [1.29, 1.82) is 0 Å². The first kappa shape index (κ1) is 19.3. The molecule has 1 aliphatic heterocycles. The minimum Gasteiger partial charge on any atom is -0.399 e. The van der Waals surface area contributed by atoms with Crippen LogP contribution in [0.15, 0.2) is 12.1 Å². The lowest BCUT2D eigenvalue weighted by Crippen LogP contribution is -2.41. The summed E-state index contributed by atoms with van der Waals surface area (Å²) in [5, 5.41) is 0. The van der Waals surface area contributed by atoms with Crippen LogP contribution >= 0.6 is 0 Å². The minimum absolute atomic E-state index is 0.103. The van der Waals surface area contributed by atoms with Gasteiger partial charge in [-0.05, 0) is 70.6 Å². The molecule has 5 nitrogen and oxygen atoms in total. The second-order valence-electron chi connectivity index (χ2n) is 7.52. The number of nitrogens with one attached hydrogen (secondary N) is 1. The molecule has 0 radical (unpaired) electrons. The van der Waals surface area contributed by atoms with E-state index in [2.05, 4.69) is 4.72 Å². The SMILES string of the molecule is CCCS(=O)(=O)Nc1cc(B2OC(C)(C)C(C)(C)O2)cc(C)c1C. The third-order valence-electron chi connectivity index (χ3n) is 4.95. The summed E-state index contributed by atoms with van der Waals surface area (Å²) >= 11 is 0. The van der Waals surface area contributed by atoms with Gasteiger partial charge in [-0.1, -0.05) is 13.0 Å². The molecule has 0 bridgehead atoms. The van der Waals surface area contributed by atoms with Crippen LogP contribution in [-0.4, -0.2) is 32.5 Å². The van der Waals surface area contributed by atoms with Gasteiger partial charge in [-0.2, -0.15) is 0 Å². The van der Waals surface area contributed by atoms with Crippen LogP contribution in [0.4, 0.5) is 5.69 Å². The zero-order valence-corrected chi connectivity index (χ0v) is 16.5. The van der Waals surface area contributed by atoms with Gasteiger partial charge in [0.2, 0.25) is 10.0 Å². The molecule has 1 saturated heterocycles. The normalized spacial score (nSPS) is 19.5. The average molecular weight is 353 g/mol. The minimum atomic E-state index is -3.34. The second-order valence-corrected chi connectivity index (χ2v) is 9.36. The third-order valence-corrected chi connectivity index (χ3v) is 6.43. The van der Waals surface area contributed by atoms with Gasteiger partial charge < -0.3 is 9.31 Å². The predicted octanol–water partition coefficient (Wildman–Crippen LogP) is 2.75. The third kappa shape index (κ3) is 3.78. The zero-order valence-electron chi connectivity index (χ0n) is 15.7. The molecule has 1 N–H and O–H groups in total. The van der Waals surface area contributed by atoms with Crippen molar-refractivity contribution >= 4 is 28.3 Å². The van der Waals surface area contributed by atoms with E-state index >= 15 is 0 Å². The molecule has 0 spiro atoms. The Balaban J connectivity index is 2.38. The van der Waals surface area contributed by atoms with E-state index in [-0.39, 0.29) is 5.75 Å². The van der Waals surface area contributed by atoms with E-state index in [1.165, 1.54) is 0 Å². The largest absolute Gasteiger partial charge is 0.494 e. The molecule has 0 amide bonds. The second kappa shape index (κ2) is 6.35. The van der Waals surface area contributed by atoms with Crippen molar-refractivity contribution < 1.29 is 17.7 Å². The standard InChI is InChI=1S/C17H28BNO4S/c1-8-9-24(20,21)19-15-11-14(10-12(2)13(15)3)18-22-16(4,5)17(6,7)23-18/h10-11,19H,8-9H2,1-7H3. The van der Waals surface area contributed by atoms with Gasteiger partial charge in [0, 0.05) is 0 Å². The van der Waals surface area contributed by atoms with E-state index in [0.29, 0.717) is 12.1 Å². The van der Waals surface area contributed by atoms with Crippen LogP contribution < -0.4 is 10.2 Å². The number of hydrogen-bond donors (Lipinski definition) is 1. The van der Waals surface area contributed by atoms with Gasteiger partial charge in [0.1, 0.15) is 0 Å². The van der Waals surface area contributed by atoms with E-state index in [9.17, 15) is 8.42 Å². The number of anilines is 1.